The minimum atomic E-state index is -3.64. The summed E-state index contributed by atoms with van der Waals surface area (Å²) in [7, 11) is -5.65. The number of aryl methyl sites for hydroxylation is 1. The monoisotopic (exact) mass is 838 g/mol. The first-order chi connectivity index (χ1) is 28.9. The van der Waals surface area contributed by atoms with Crippen molar-refractivity contribution < 1.29 is 31.2 Å². The van der Waals surface area contributed by atoms with E-state index in [1.54, 1.807) is 171 Å². The highest BCUT2D eigenvalue weighted by Crippen LogP contribution is 2.27. The molecule has 0 spiro atoms. The molecule has 0 bridgehead atoms. The molecule has 8 rings (SSSR count). The number of pyridine rings is 3. The van der Waals surface area contributed by atoms with E-state index in [9.17, 15) is 26.4 Å². The molecule has 8 aromatic rings. The van der Waals surface area contributed by atoms with Gasteiger partial charge in [0.15, 0.2) is 0 Å². The molecule has 13 nitrogen and oxygen atoms in total. The number of benzene rings is 4. The third-order valence-corrected chi connectivity index (χ3v) is 13.0. The minimum Gasteiger partial charge on any atom is -0.496 e. The van der Waals surface area contributed by atoms with Crippen molar-refractivity contribution in [2.45, 2.75) is 39.6 Å². The van der Waals surface area contributed by atoms with Crippen LogP contribution in [0.5, 0.6) is 5.75 Å². The molecule has 4 heterocycles. The smallest absolute Gasteiger partial charge is 0.270 e. The van der Waals surface area contributed by atoms with Crippen LogP contribution >= 0.6 is 0 Å². The highest BCUT2D eigenvalue weighted by atomic mass is 32.2. The van der Waals surface area contributed by atoms with Gasteiger partial charge < -0.3 is 19.8 Å². The topological polar surface area (TPSA) is 179 Å². The molecule has 0 saturated carbocycles. The zero-order chi connectivity index (χ0) is 42.3. The summed E-state index contributed by atoms with van der Waals surface area (Å²) in [5, 5.41) is 6.51. The molecule has 0 fully saturated rings. The van der Waals surface area contributed by atoms with E-state index < -0.39 is 19.7 Å². The molecule has 4 aromatic carbocycles. The van der Waals surface area contributed by atoms with Crippen molar-refractivity contribution in [1.82, 2.24) is 30.0 Å². The molecule has 0 aliphatic heterocycles. The Morgan fingerprint density at radius 2 is 1.28 bits per heavy atom. The average Bonchev–Trinajstić information content (AvgIpc) is 3.76. The summed E-state index contributed by atoms with van der Waals surface area (Å²) in [6.45, 7) is 2.34. The van der Waals surface area contributed by atoms with Gasteiger partial charge in [0, 0.05) is 49.5 Å². The highest BCUT2D eigenvalue weighted by molar-refractivity contribution is 7.91. The van der Waals surface area contributed by atoms with Gasteiger partial charge in [0.05, 0.1) is 37.8 Å². The minimum absolute atomic E-state index is 0.192. The molecule has 302 valence electrons. The Labute approximate surface area is 346 Å². The van der Waals surface area contributed by atoms with Crippen LogP contribution in [-0.4, -0.2) is 55.1 Å². The number of imidazole rings is 1. The Balaban J connectivity index is 0.000000182. The van der Waals surface area contributed by atoms with Crippen molar-refractivity contribution in [1.29, 1.82) is 0 Å². The predicted molar refractivity (Wildman–Crippen MR) is 225 cm³/mol. The molecule has 0 unspecified atom stereocenters. The fraction of sp³-hybridized carbons (Fsp3) is 0.0889. The Bertz CT molecular complexity index is 3050. The van der Waals surface area contributed by atoms with Crippen LogP contribution in [0.4, 0.5) is 0 Å². The van der Waals surface area contributed by atoms with E-state index in [0.29, 0.717) is 22.5 Å². The SMILES string of the molecule is COc1ccc(S(=O)(=O)c2ccc(CNC(=O)c3ccc4nccn4c3)cc2)cc1C.O=C(NCc1ccc(S(=O)(=O)c2ccccc2)cc1)c1ccc2cnccc2n1. The maximum absolute atomic E-state index is 12.9. The lowest BCUT2D eigenvalue weighted by Gasteiger charge is -2.10. The fourth-order valence-corrected chi connectivity index (χ4v) is 8.79. The van der Waals surface area contributed by atoms with Crippen molar-refractivity contribution in [3.8, 4) is 5.75 Å². The summed E-state index contributed by atoms with van der Waals surface area (Å²) < 4.78 is 58.0. The van der Waals surface area contributed by atoms with Crippen molar-refractivity contribution in [2.75, 3.05) is 7.11 Å². The second-order valence-corrected chi connectivity index (χ2v) is 17.4. The largest absolute Gasteiger partial charge is 0.496 e. The van der Waals surface area contributed by atoms with Crippen LogP contribution < -0.4 is 15.4 Å². The molecular formula is C45H38N6O7S2. The fourth-order valence-electron chi connectivity index (χ4n) is 6.17. The third kappa shape index (κ3) is 9.22. The molecule has 60 heavy (non-hydrogen) atoms. The van der Waals surface area contributed by atoms with Gasteiger partial charge in [0.1, 0.15) is 17.1 Å². The number of ether oxygens (including phenoxy) is 1. The molecule has 0 radical (unpaired) electrons. The van der Waals surface area contributed by atoms with Crippen molar-refractivity contribution >= 4 is 48.0 Å². The number of nitrogens with zero attached hydrogens (tertiary/aromatic N) is 4. The predicted octanol–water partition coefficient (Wildman–Crippen LogP) is 6.81. The third-order valence-electron chi connectivity index (χ3n) is 9.48. The van der Waals surface area contributed by atoms with Crippen LogP contribution in [0.1, 0.15) is 37.5 Å². The zero-order valence-corrected chi connectivity index (χ0v) is 34.0. The van der Waals surface area contributed by atoms with Crippen LogP contribution in [-0.2, 0) is 32.8 Å². The van der Waals surface area contributed by atoms with Gasteiger partial charge in [-0.15, -0.1) is 0 Å². The van der Waals surface area contributed by atoms with E-state index in [2.05, 4.69) is 25.6 Å². The molecule has 0 atom stereocenters. The van der Waals surface area contributed by atoms with Crippen molar-refractivity contribution in [3.05, 3.63) is 186 Å². The molecule has 15 heteroatoms. The Hall–Kier alpha value is -7.23. The summed E-state index contributed by atoms with van der Waals surface area (Å²) in [4.78, 5) is 38.2. The lowest BCUT2D eigenvalue weighted by molar-refractivity contribution is 0.0940. The van der Waals surface area contributed by atoms with Gasteiger partial charge in [-0.2, -0.15) is 0 Å². The highest BCUT2D eigenvalue weighted by Gasteiger charge is 2.20. The van der Waals surface area contributed by atoms with E-state index in [1.165, 1.54) is 6.07 Å². The van der Waals surface area contributed by atoms with Gasteiger partial charge in [0.25, 0.3) is 11.8 Å². The molecule has 2 amide bonds. The lowest BCUT2D eigenvalue weighted by atomic mass is 10.2. The van der Waals surface area contributed by atoms with E-state index in [4.69, 9.17) is 4.74 Å². The molecule has 2 N–H and O–H groups in total. The number of carbonyl (C=O) groups excluding carboxylic acids is 2. The number of nitrogens with one attached hydrogen (secondary N) is 2. The lowest BCUT2D eigenvalue weighted by Crippen LogP contribution is -2.23. The summed E-state index contributed by atoms with van der Waals surface area (Å²) in [5.41, 5.74) is 4.61. The van der Waals surface area contributed by atoms with Crippen molar-refractivity contribution in [2.24, 2.45) is 0 Å². The molecule has 4 aromatic heterocycles. The quantitative estimate of drug-likeness (QED) is 0.141. The molecule has 0 aliphatic carbocycles. The maximum Gasteiger partial charge on any atom is 0.270 e. The van der Waals surface area contributed by atoms with Gasteiger partial charge in [-0.25, -0.2) is 26.8 Å². The number of sulfone groups is 2. The second kappa shape index (κ2) is 17.7. The standard InChI is InChI=1S/C23H21N3O4S.C22H17N3O3S/c1-16-13-20(8-9-21(16)30-2)31(28,29)19-6-3-17(4-7-19)14-25-23(27)18-5-10-22-24-11-12-26(22)15-18;26-22(21-11-8-17-15-23-13-12-20(17)25-21)24-14-16-6-9-19(10-7-16)29(27,28)18-4-2-1-3-5-18/h3-13,15H,14H2,1-2H3,(H,25,27);1-13,15H,14H2,(H,24,26). The number of carbonyl (C=O) groups is 2. The van der Waals surface area contributed by atoms with Gasteiger partial charge >= 0.3 is 0 Å². The number of aromatic nitrogens is 4. The molecule has 0 saturated heterocycles. The van der Waals surface area contributed by atoms with E-state index in [-0.39, 0.29) is 44.5 Å². The summed E-state index contributed by atoms with van der Waals surface area (Å²) in [6, 6.07) is 34.7. The van der Waals surface area contributed by atoms with Gasteiger partial charge in [0.2, 0.25) is 19.7 Å². The summed E-state index contributed by atoms with van der Waals surface area (Å²) in [6.07, 6.45) is 8.47. The first-order valence-electron chi connectivity index (χ1n) is 18.5. The van der Waals surface area contributed by atoms with Gasteiger partial charge in [-0.1, -0.05) is 42.5 Å². The number of methoxy groups -OCH3 is 1. The van der Waals surface area contributed by atoms with Gasteiger partial charge in [-0.3, -0.25) is 14.6 Å². The number of hydrogen-bond donors (Lipinski definition) is 2. The summed E-state index contributed by atoms with van der Waals surface area (Å²) >= 11 is 0. The molecular weight excluding hydrogens is 801 g/mol. The number of amides is 2. The van der Waals surface area contributed by atoms with E-state index in [0.717, 1.165) is 27.7 Å². The van der Waals surface area contributed by atoms with Crippen LogP contribution in [0.15, 0.2) is 178 Å². The molecule has 0 aliphatic rings. The van der Waals surface area contributed by atoms with E-state index >= 15 is 0 Å². The number of fused-ring (bicyclic) bond motifs is 2. The normalized spacial score (nSPS) is 11.4. The first-order valence-corrected chi connectivity index (χ1v) is 21.5. The average molecular weight is 839 g/mol. The Kier molecular flexibility index (Phi) is 12.1. The van der Waals surface area contributed by atoms with Crippen LogP contribution in [0.25, 0.3) is 16.6 Å². The van der Waals surface area contributed by atoms with Crippen LogP contribution in [0.2, 0.25) is 0 Å². The maximum atomic E-state index is 12.9. The van der Waals surface area contributed by atoms with E-state index in [1.807, 2.05) is 0 Å². The second-order valence-electron chi connectivity index (χ2n) is 13.5. The Morgan fingerprint density at radius 1 is 0.667 bits per heavy atom. The zero-order valence-electron chi connectivity index (χ0n) is 32.4. The first kappa shape index (κ1) is 40.9. The summed E-state index contributed by atoms with van der Waals surface area (Å²) in [5.74, 6) is 0.114. The van der Waals surface area contributed by atoms with Crippen LogP contribution in [0, 0.1) is 6.92 Å². The number of hydrogen-bond acceptors (Lipinski definition) is 10. The Morgan fingerprint density at radius 3 is 1.93 bits per heavy atom. The van der Waals surface area contributed by atoms with Crippen LogP contribution in [0.3, 0.4) is 0 Å². The van der Waals surface area contributed by atoms with Gasteiger partial charge in [-0.05, 0) is 109 Å². The van der Waals surface area contributed by atoms with Crippen molar-refractivity contribution in [3.63, 3.8) is 0 Å². The number of rotatable bonds is 11.